The van der Waals surface area contributed by atoms with Crippen molar-refractivity contribution >= 4 is 29.1 Å². The molecule has 4 nitrogen and oxygen atoms in total. The van der Waals surface area contributed by atoms with Crippen molar-refractivity contribution in [2.75, 3.05) is 24.5 Å². The molecule has 5 heteroatoms. The summed E-state index contributed by atoms with van der Waals surface area (Å²) in [4.78, 5) is 29.6. The number of nitrogens with zero attached hydrogens (tertiary/aromatic N) is 2. The first-order valence-electron chi connectivity index (χ1n) is 9.89. The van der Waals surface area contributed by atoms with E-state index in [0.29, 0.717) is 36.5 Å². The zero-order chi connectivity index (χ0) is 20.1. The van der Waals surface area contributed by atoms with Crippen LogP contribution < -0.4 is 4.90 Å². The van der Waals surface area contributed by atoms with Crippen molar-refractivity contribution < 1.29 is 9.59 Å². The quantitative estimate of drug-likeness (QED) is 0.551. The molecule has 2 heterocycles. The maximum absolute atomic E-state index is 13.3. The SMILES string of the molecule is C=C/C=C(\C=C)C(=O)N1CCC(C(=O)N2CCCCc3cc(Cl)ccc32)CC1. The molecule has 28 heavy (non-hydrogen) atoms. The molecule has 2 aliphatic rings. The van der Waals surface area contributed by atoms with Gasteiger partial charge in [0.15, 0.2) is 0 Å². The number of amides is 2. The monoisotopic (exact) mass is 398 g/mol. The molecule has 0 radical (unpaired) electrons. The van der Waals surface area contributed by atoms with E-state index in [4.69, 9.17) is 11.6 Å². The predicted molar refractivity (Wildman–Crippen MR) is 115 cm³/mol. The van der Waals surface area contributed by atoms with E-state index in [1.54, 1.807) is 23.1 Å². The number of rotatable bonds is 4. The minimum Gasteiger partial charge on any atom is -0.339 e. The fourth-order valence-corrected chi connectivity index (χ4v) is 4.23. The Hall–Kier alpha value is -2.33. The van der Waals surface area contributed by atoms with Crippen LogP contribution in [0.15, 0.2) is 55.2 Å². The standard InChI is InChI=1S/C23H27ClN2O2/c1-3-7-17(4-2)22(27)25-14-11-18(12-15-25)23(28)26-13-6-5-8-19-16-20(24)9-10-21(19)26/h3-4,7,9-10,16,18H,1-2,5-6,8,11-15H2/b17-7+. The number of allylic oxidation sites excluding steroid dienone is 2. The van der Waals surface area contributed by atoms with Gasteiger partial charge in [0.25, 0.3) is 5.91 Å². The number of hydrogen-bond acceptors (Lipinski definition) is 2. The van der Waals surface area contributed by atoms with E-state index < -0.39 is 0 Å². The van der Waals surface area contributed by atoms with Crippen molar-refractivity contribution in [2.45, 2.75) is 32.1 Å². The van der Waals surface area contributed by atoms with Crippen LogP contribution in [0.4, 0.5) is 5.69 Å². The van der Waals surface area contributed by atoms with Gasteiger partial charge < -0.3 is 9.80 Å². The number of carbonyl (C=O) groups excluding carboxylic acids is 2. The van der Waals surface area contributed by atoms with Crippen LogP contribution in [0, 0.1) is 5.92 Å². The Bertz CT molecular complexity index is 807. The van der Waals surface area contributed by atoms with Crippen LogP contribution in [-0.4, -0.2) is 36.3 Å². The number of hydrogen-bond donors (Lipinski definition) is 0. The zero-order valence-electron chi connectivity index (χ0n) is 16.2. The Labute approximate surface area is 172 Å². The lowest BCUT2D eigenvalue weighted by molar-refractivity contribution is -0.131. The van der Waals surface area contributed by atoms with Gasteiger partial charge in [0.2, 0.25) is 5.91 Å². The summed E-state index contributed by atoms with van der Waals surface area (Å²) < 4.78 is 0. The van der Waals surface area contributed by atoms with Crippen LogP contribution in [-0.2, 0) is 16.0 Å². The van der Waals surface area contributed by atoms with Gasteiger partial charge in [-0.15, -0.1) is 0 Å². The molecular weight excluding hydrogens is 372 g/mol. The zero-order valence-corrected chi connectivity index (χ0v) is 17.0. The lowest BCUT2D eigenvalue weighted by Crippen LogP contribution is -2.45. The number of halogens is 1. The third-order valence-electron chi connectivity index (χ3n) is 5.57. The molecule has 1 aromatic rings. The van der Waals surface area contributed by atoms with E-state index >= 15 is 0 Å². The molecule has 0 saturated carbocycles. The maximum Gasteiger partial charge on any atom is 0.253 e. The van der Waals surface area contributed by atoms with Crippen LogP contribution in [0.25, 0.3) is 0 Å². The maximum atomic E-state index is 13.3. The third-order valence-corrected chi connectivity index (χ3v) is 5.81. The van der Waals surface area contributed by atoms with Crippen molar-refractivity contribution in [1.29, 1.82) is 0 Å². The second-order valence-corrected chi connectivity index (χ2v) is 7.78. The van der Waals surface area contributed by atoms with E-state index in [-0.39, 0.29) is 17.7 Å². The van der Waals surface area contributed by atoms with Crippen molar-refractivity contribution in [2.24, 2.45) is 5.92 Å². The molecule has 1 aromatic carbocycles. The average molecular weight is 399 g/mol. The number of carbonyl (C=O) groups is 2. The van der Waals surface area contributed by atoms with Gasteiger partial charge in [0.1, 0.15) is 0 Å². The van der Waals surface area contributed by atoms with E-state index in [0.717, 1.165) is 37.1 Å². The Kier molecular flexibility index (Phi) is 6.74. The smallest absolute Gasteiger partial charge is 0.253 e. The van der Waals surface area contributed by atoms with Crippen molar-refractivity contribution in [1.82, 2.24) is 4.90 Å². The number of piperidine rings is 1. The van der Waals surface area contributed by atoms with Crippen LogP contribution in [0.2, 0.25) is 5.02 Å². The fourth-order valence-electron chi connectivity index (χ4n) is 4.04. The number of aryl methyl sites for hydroxylation is 1. The molecule has 148 valence electrons. The summed E-state index contributed by atoms with van der Waals surface area (Å²) in [6.45, 7) is 9.25. The first kappa shape index (κ1) is 20.4. The summed E-state index contributed by atoms with van der Waals surface area (Å²) >= 11 is 6.15. The highest BCUT2D eigenvalue weighted by Crippen LogP contribution is 2.32. The Balaban J connectivity index is 1.69. The highest BCUT2D eigenvalue weighted by Gasteiger charge is 2.32. The van der Waals surface area contributed by atoms with Crippen LogP contribution in [0.5, 0.6) is 0 Å². The van der Waals surface area contributed by atoms with Gasteiger partial charge in [-0.25, -0.2) is 0 Å². The number of benzene rings is 1. The Morgan fingerprint density at radius 1 is 1.11 bits per heavy atom. The minimum absolute atomic E-state index is 0.0458. The molecule has 0 unspecified atom stereocenters. The largest absolute Gasteiger partial charge is 0.339 e. The van der Waals surface area contributed by atoms with Crippen molar-refractivity contribution in [3.63, 3.8) is 0 Å². The van der Waals surface area contributed by atoms with Crippen molar-refractivity contribution in [3.8, 4) is 0 Å². The van der Waals surface area contributed by atoms with Gasteiger partial charge in [-0.05, 0) is 55.9 Å². The molecule has 0 aromatic heterocycles. The average Bonchev–Trinajstić information content (AvgIpc) is 2.93. The highest BCUT2D eigenvalue weighted by molar-refractivity contribution is 6.30. The van der Waals surface area contributed by atoms with Crippen LogP contribution in [0.1, 0.15) is 31.2 Å². The summed E-state index contributed by atoms with van der Waals surface area (Å²) in [5, 5.41) is 0.713. The lowest BCUT2D eigenvalue weighted by Gasteiger charge is -2.34. The van der Waals surface area contributed by atoms with E-state index in [9.17, 15) is 9.59 Å². The van der Waals surface area contributed by atoms with Crippen molar-refractivity contribution in [3.05, 3.63) is 65.7 Å². The van der Waals surface area contributed by atoms with Gasteiger partial charge >= 0.3 is 0 Å². The summed E-state index contributed by atoms with van der Waals surface area (Å²) in [5.41, 5.74) is 2.68. The normalized spacial score (nSPS) is 18.2. The fraction of sp³-hybridized carbons (Fsp3) is 0.391. The van der Waals surface area contributed by atoms with Gasteiger partial charge in [-0.3, -0.25) is 9.59 Å². The summed E-state index contributed by atoms with van der Waals surface area (Å²) in [6.07, 6.45) is 9.19. The lowest BCUT2D eigenvalue weighted by atomic mass is 9.94. The second-order valence-electron chi connectivity index (χ2n) is 7.35. The molecule has 0 atom stereocenters. The first-order valence-corrected chi connectivity index (χ1v) is 10.3. The summed E-state index contributed by atoms with van der Waals surface area (Å²) in [6, 6.07) is 5.80. The minimum atomic E-state index is -0.0544. The molecule has 1 saturated heterocycles. The molecule has 2 aliphatic heterocycles. The van der Waals surface area contributed by atoms with Crippen LogP contribution in [0.3, 0.4) is 0 Å². The highest BCUT2D eigenvalue weighted by atomic mass is 35.5. The summed E-state index contributed by atoms with van der Waals surface area (Å²) in [7, 11) is 0. The third kappa shape index (κ3) is 4.39. The van der Waals surface area contributed by atoms with Crippen LogP contribution >= 0.6 is 11.6 Å². The van der Waals surface area contributed by atoms with Gasteiger partial charge in [-0.2, -0.15) is 0 Å². The molecule has 0 N–H and O–H groups in total. The number of fused-ring (bicyclic) bond motifs is 1. The molecule has 0 bridgehead atoms. The molecule has 0 aliphatic carbocycles. The van der Waals surface area contributed by atoms with Gasteiger partial charge in [0, 0.05) is 41.8 Å². The number of anilines is 1. The molecule has 1 fully saturated rings. The number of likely N-dealkylation sites (tertiary alicyclic amines) is 1. The molecular formula is C23H27ClN2O2. The van der Waals surface area contributed by atoms with E-state index in [1.807, 2.05) is 23.1 Å². The molecule has 3 rings (SSSR count). The molecule has 0 spiro atoms. The first-order chi connectivity index (χ1) is 13.5. The van der Waals surface area contributed by atoms with E-state index in [1.165, 1.54) is 0 Å². The molecule has 2 amide bonds. The van der Waals surface area contributed by atoms with Gasteiger partial charge in [0.05, 0.1) is 0 Å². The van der Waals surface area contributed by atoms with E-state index in [2.05, 4.69) is 13.2 Å². The van der Waals surface area contributed by atoms with Gasteiger partial charge in [-0.1, -0.05) is 43.0 Å². The summed E-state index contributed by atoms with van der Waals surface area (Å²) in [5.74, 6) is 0.0694. The Morgan fingerprint density at radius 3 is 2.54 bits per heavy atom. The second kappa shape index (κ2) is 9.24. The Morgan fingerprint density at radius 2 is 1.86 bits per heavy atom. The predicted octanol–water partition coefficient (Wildman–Crippen LogP) is 4.55. The topological polar surface area (TPSA) is 40.6 Å².